The largest absolute Gasteiger partial charge is 0.393 e. The molecule has 4 heteroatoms. The van der Waals surface area contributed by atoms with Crippen molar-refractivity contribution in [2.45, 2.75) is 103 Å². The van der Waals surface area contributed by atoms with Crippen molar-refractivity contribution < 1.29 is 19.7 Å². The molecule has 4 nitrogen and oxygen atoms in total. The molecule has 4 atom stereocenters. The molecular formula is C30H44O4. The smallest absolute Gasteiger partial charge is 0.0720 e. The fourth-order valence-corrected chi connectivity index (χ4v) is 4.07. The van der Waals surface area contributed by atoms with Gasteiger partial charge in [-0.2, -0.15) is 0 Å². The third-order valence-corrected chi connectivity index (χ3v) is 5.93. The number of benzene rings is 2. The molecule has 34 heavy (non-hydrogen) atoms. The maximum Gasteiger partial charge on any atom is 0.0720 e. The van der Waals surface area contributed by atoms with Gasteiger partial charge in [-0.05, 0) is 49.7 Å². The zero-order valence-corrected chi connectivity index (χ0v) is 21.0. The van der Waals surface area contributed by atoms with Crippen LogP contribution in [-0.4, -0.2) is 34.6 Å². The molecule has 0 saturated carbocycles. The Balaban J connectivity index is 1.68. The summed E-state index contributed by atoms with van der Waals surface area (Å²) in [5.74, 6) is 0. The first-order chi connectivity index (χ1) is 16.6. The van der Waals surface area contributed by atoms with E-state index in [0.717, 1.165) is 36.8 Å². The number of ether oxygens (including phenoxy) is 2. The first-order valence-electron chi connectivity index (χ1n) is 12.9. The summed E-state index contributed by atoms with van der Waals surface area (Å²) in [6.45, 7) is 5.43. The molecule has 0 unspecified atom stereocenters. The van der Waals surface area contributed by atoms with Gasteiger partial charge < -0.3 is 19.7 Å². The second-order valence-electron chi connectivity index (χ2n) is 9.14. The molecule has 0 amide bonds. The predicted molar refractivity (Wildman–Crippen MR) is 139 cm³/mol. The van der Waals surface area contributed by atoms with E-state index in [2.05, 4.69) is 38.1 Å². The Hall–Kier alpha value is -1.98. The van der Waals surface area contributed by atoms with Gasteiger partial charge >= 0.3 is 0 Å². The lowest BCUT2D eigenvalue weighted by atomic mass is 10.0. The normalized spacial score (nSPS) is 15.3. The second-order valence-corrected chi connectivity index (χ2v) is 9.14. The minimum absolute atomic E-state index is 0.0516. The lowest BCUT2D eigenvalue weighted by Crippen LogP contribution is -2.21. The molecule has 188 valence electrons. The fraction of sp³-hybridized carbons (Fsp3) is 0.533. The Morgan fingerprint density at radius 3 is 1.38 bits per heavy atom. The third kappa shape index (κ3) is 12.5. The van der Waals surface area contributed by atoms with Crippen LogP contribution < -0.4 is 0 Å². The average Bonchev–Trinajstić information content (AvgIpc) is 2.85. The lowest BCUT2D eigenvalue weighted by molar-refractivity contribution is -0.00128. The van der Waals surface area contributed by atoms with Crippen molar-refractivity contribution in [2.75, 3.05) is 0 Å². The lowest BCUT2D eigenvalue weighted by Gasteiger charge is -2.21. The summed E-state index contributed by atoms with van der Waals surface area (Å²) in [5.41, 5.74) is 2.31. The first-order valence-corrected chi connectivity index (χ1v) is 12.9. The van der Waals surface area contributed by atoms with Crippen LogP contribution in [-0.2, 0) is 22.7 Å². The summed E-state index contributed by atoms with van der Waals surface area (Å²) < 4.78 is 12.1. The van der Waals surface area contributed by atoms with Crippen LogP contribution in [0.4, 0.5) is 0 Å². The van der Waals surface area contributed by atoms with Gasteiger partial charge in [0, 0.05) is 0 Å². The van der Waals surface area contributed by atoms with Crippen molar-refractivity contribution in [3.05, 3.63) is 83.9 Å². The number of hydrogen-bond donors (Lipinski definition) is 2. The van der Waals surface area contributed by atoms with Gasteiger partial charge in [0.25, 0.3) is 0 Å². The van der Waals surface area contributed by atoms with Crippen LogP contribution in [0.5, 0.6) is 0 Å². The first kappa shape index (κ1) is 28.3. The summed E-state index contributed by atoms with van der Waals surface area (Å²) >= 11 is 0. The third-order valence-electron chi connectivity index (χ3n) is 5.93. The van der Waals surface area contributed by atoms with Gasteiger partial charge in [0.05, 0.1) is 37.6 Å². The molecule has 0 radical (unpaired) electrons. The van der Waals surface area contributed by atoms with Crippen LogP contribution in [0.3, 0.4) is 0 Å². The van der Waals surface area contributed by atoms with E-state index in [0.29, 0.717) is 38.9 Å². The number of aliphatic hydroxyl groups is 2. The van der Waals surface area contributed by atoms with Crippen molar-refractivity contribution >= 4 is 0 Å². The van der Waals surface area contributed by atoms with Crippen LogP contribution in [0.2, 0.25) is 0 Å². The molecule has 2 aromatic rings. The monoisotopic (exact) mass is 468 g/mol. The van der Waals surface area contributed by atoms with E-state index in [4.69, 9.17) is 9.47 Å². The molecule has 0 saturated heterocycles. The topological polar surface area (TPSA) is 58.9 Å². The van der Waals surface area contributed by atoms with E-state index in [1.807, 2.05) is 48.6 Å². The Kier molecular flexibility index (Phi) is 14.5. The van der Waals surface area contributed by atoms with Crippen molar-refractivity contribution in [1.29, 1.82) is 0 Å². The highest BCUT2D eigenvalue weighted by Crippen LogP contribution is 2.17. The second kappa shape index (κ2) is 17.5. The van der Waals surface area contributed by atoms with Crippen molar-refractivity contribution in [3.63, 3.8) is 0 Å². The van der Waals surface area contributed by atoms with Crippen molar-refractivity contribution in [1.82, 2.24) is 0 Å². The minimum Gasteiger partial charge on any atom is -0.393 e. The zero-order chi connectivity index (χ0) is 24.4. The van der Waals surface area contributed by atoms with Gasteiger partial charge in [-0.25, -0.2) is 0 Å². The van der Waals surface area contributed by atoms with E-state index in [9.17, 15) is 10.2 Å². The molecule has 0 spiro atoms. The standard InChI is InChI=1S/C30H44O4/c1-3-13-29(33-23-25-15-7-5-8-16-25)21-27(31)19-11-12-20-28(32)22-30(14-4-2)34-24-26-17-9-6-10-18-26/h5-12,15-18,27-32H,3-4,13-14,19-24H2,1-2H3/b12-11+/t27-,28-,29-,30-/m0/s1. The van der Waals surface area contributed by atoms with Crippen LogP contribution in [0.15, 0.2) is 72.8 Å². The van der Waals surface area contributed by atoms with Crippen LogP contribution in [0.25, 0.3) is 0 Å². The molecule has 2 N–H and O–H groups in total. The highest BCUT2D eigenvalue weighted by Gasteiger charge is 2.15. The SMILES string of the molecule is CCC[C@@H](C[C@@H](O)C/C=C/C[C@H](O)C[C@H](CCC)OCc1ccccc1)OCc1ccccc1. The highest BCUT2D eigenvalue weighted by molar-refractivity contribution is 5.14. The van der Waals surface area contributed by atoms with Crippen LogP contribution in [0, 0.1) is 0 Å². The molecule has 2 aromatic carbocycles. The Morgan fingerprint density at radius 2 is 1.03 bits per heavy atom. The summed E-state index contributed by atoms with van der Waals surface area (Å²) in [6.07, 6.45) is 9.51. The molecule has 0 bridgehead atoms. The minimum atomic E-state index is -0.442. The summed E-state index contributed by atoms with van der Waals surface area (Å²) in [4.78, 5) is 0. The highest BCUT2D eigenvalue weighted by atomic mass is 16.5. The molecule has 0 aromatic heterocycles. The number of aliphatic hydroxyl groups excluding tert-OH is 2. The molecular weight excluding hydrogens is 424 g/mol. The van der Waals surface area contributed by atoms with Crippen molar-refractivity contribution in [2.24, 2.45) is 0 Å². The van der Waals surface area contributed by atoms with Gasteiger partial charge in [-0.3, -0.25) is 0 Å². The predicted octanol–water partition coefficient (Wildman–Crippen LogP) is 6.60. The molecule has 0 fully saturated rings. The summed E-state index contributed by atoms with van der Waals surface area (Å²) in [6, 6.07) is 20.3. The van der Waals surface area contributed by atoms with Gasteiger partial charge in [-0.15, -0.1) is 0 Å². The van der Waals surface area contributed by atoms with Crippen molar-refractivity contribution in [3.8, 4) is 0 Å². The number of hydrogen-bond acceptors (Lipinski definition) is 4. The zero-order valence-electron chi connectivity index (χ0n) is 21.0. The summed E-state index contributed by atoms with van der Waals surface area (Å²) in [7, 11) is 0. The molecule has 0 heterocycles. The van der Waals surface area contributed by atoms with Crippen LogP contribution >= 0.6 is 0 Å². The van der Waals surface area contributed by atoms with E-state index in [-0.39, 0.29) is 12.2 Å². The Morgan fingerprint density at radius 1 is 0.647 bits per heavy atom. The molecule has 0 aliphatic carbocycles. The van der Waals surface area contributed by atoms with Gasteiger partial charge in [0.15, 0.2) is 0 Å². The fourth-order valence-electron chi connectivity index (χ4n) is 4.07. The van der Waals surface area contributed by atoms with E-state index in [1.165, 1.54) is 0 Å². The maximum atomic E-state index is 10.5. The Bertz CT molecular complexity index is 696. The molecule has 0 aliphatic heterocycles. The quantitative estimate of drug-likeness (QED) is 0.242. The van der Waals surface area contributed by atoms with Gasteiger partial charge in [0.1, 0.15) is 0 Å². The average molecular weight is 469 g/mol. The van der Waals surface area contributed by atoms with Gasteiger partial charge in [-0.1, -0.05) is 99.5 Å². The van der Waals surface area contributed by atoms with Crippen LogP contribution in [0.1, 0.15) is 76.3 Å². The summed E-state index contributed by atoms with van der Waals surface area (Å²) in [5, 5.41) is 21.0. The van der Waals surface area contributed by atoms with E-state index in [1.54, 1.807) is 0 Å². The van der Waals surface area contributed by atoms with E-state index < -0.39 is 12.2 Å². The molecule has 0 aliphatic rings. The number of rotatable bonds is 18. The Labute approximate surface area is 206 Å². The van der Waals surface area contributed by atoms with E-state index >= 15 is 0 Å². The molecule has 2 rings (SSSR count). The maximum absolute atomic E-state index is 10.5. The van der Waals surface area contributed by atoms with Gasteiger partial charge in [0.2, 0.25) is 0 Å².